The summed E-state index contributed by atoms with van der Waals surface area (Å²) < 4.78 is 9.62. The second-order valence-corrected chi connectivity index (χ2v) is 4.36. The van der Waals surface area contributed by atoms with E-state index in [0.29, 0.717) is 18.7 Å². The molecule has 0 unspecified atom stereocenters. The van der Waals surface area contributed by atoms with E-state index in [1.165, 1.54) is 12.0 Å². The summed E-state index contributed by atoms with van der Waals surface area (Å²) in [6, 6.07) is 1.07. The number of nitrogens with zero attached hydrogens (tertiary/aromatic N) is 2. The van der Waals surface area contributed by atoms with Crippen LogP contribution in [0.2, 0.25) is 0 Å². The Morgan fingerprint density at radius 2 is 2.28 bits per heavy atom. The molecule has 1 saturated heterocycles. The van der Waals surface area contributed by atoms with E-state index in [1.807, 2.05) is 0 Å². The fourth-order valence-corrected chi connectivity index (χ4v) is 2.17. The van der Waals surface area contributed by atoms with Crippen LogP contribution in [0.4, 0.5) is 0 Å². The molecule has 1 aromatic rings. The van der Waals surface area contributed by atoms with Crippen molar-refractivity contribution in [3.05, 3.63) is 17.5 Å². The molecule has 6 nitrogen and oxygen atoms in total. The Bertz CT molecular complexity index is 455. The molecule has 1 fully saturated rings. The molecule has 18 heavy (non-hydrogen) atoms. The molecule has 0 bridgehead atoms. The zero-order valence-electron chi connectivity index (χ0n) is 10.5. The van der Waals surface area contributed by atoms with Gasteiger partial charge in [0.15, 0.2) is 5.69 Å². The molecule has 2 heterocycles. The first-order chi connectivity index (χ1) is 8.63. The average molecular weight is 252 g/mol. The molecule has 1 amide bonds. The maximum absolute atomic E-state index is 12.2. The van der Waals surface area contributed by atoms with Gasteiger partial charge in [-0.05, 0) is 26.2 Å². The zero-order chi connectivity index (χ0) is 13.1. The van der Waals surface area contributed by atoms with Crippen molar-refractivity contribution in [2.24, 2.45) is 0 Å². The number of likely N-dealkylation sites (tertiary alicyclic amines) is 1. The standard InChI is InChI=1S/C12H16N2O4/c1-8-7-9(13-18-8)11(15)14-6-4-3-5-10(14)12(16)17-2/h7,10H,3-6H2,1-2H3/t10-/m1/s1. The Balaban J connectivity index is 2.18. The summed E-state index contributed by atoms with van der Waals surface area (Å²) in [6.45, 7) is 2.27. The van der Waals surface area contributed by atoms with Crippen molar-refractivity contribution >= 4 is 11.9 Å². The number of ether oxygens (including phenoxy) is 1. The first-order valence-electron chi connectivity index (χ1n) is 5.95. The average Bonchev–Trinajstić information content (AvgIpc) is 2.83. The second-order valence-electron chi connectivity index (χ2n) is 4.36. The van der Waals surface area contributed by atoms with Crippen LogP contribution in [0.25, 0.3) is 0 Å². The number of piperidine rings is 1. The summed E-state index contributed by atoms with van der Waals surface area (Å²) in [7, 11) is 1.33. The molecule has 1 aliphatic rings. The predicted molar refractivity (Wildman–Crippen MR) is 61.9 cm³/mol. The lowest BCUT2D eigenvalue weighted by Gasteiger charge is -2.33. The second kappa shape index (κ2) is 5.20. The van der Waals surface area contributed by atoms with E-state index >= 15 is 0 Å². The molecule has 1 aromatic heterocycles. The number of aryl methyl sites for hydroxylation is 1. The number of amides is 1. The molecule has 2 rings (SSSR count). The highest BCUT2D eigenvalue weighted by atomic mass is 16.5. The lowest BCUT2D eigenvalue weighted by Crippen LogP contribution is -2.48. The first-order valence-corrected chi connectivity index (χ1v) is 5.95. The third-order valence-corrected chi connectivity index (χ3v) is 3.08. The minimum absolute atomic E-state index is 0.239. The number of rotatable bonds is 2. The first kappa shape index (κ1) is 12.6. The minimum atomic E-state index is -0.506. The van der Waals surface area contributed by atoms with Gasteiger partial charge in [-0.2, -0.15) is 0 Å². The molecule has 0 aromatic carbocycles. The summed E-state index contributed by atoms with van der Waals surface area (Å²) in [5.74, 6) is -0.0739. The van der Waals surface area contributed by atoms with Crippen LogP contribution in [0.15, 0.2) is 10.6 Å². The quantitative estimate of drug-likeness (QED) is 0.738. The Morgan fingerprint density at radius 3 is 2.89 bits per heavy atom. The Labute approximate surface area is 105 Å². The van der Waals surface area contributed by atoms with Crippen LogP contribution >= 0.6 is 0 Å². The van der Waals surface area contributed by atoms with Crippen molar-refractivity contribution < 1.29 is 18.8 Å². The summed E-state index contributed by atoms with van der Waals surface area (Å²) in [4.78, 5) is 25.4. The molecule has 0 radical (unpaired) electrons. The van der Waals surface area contributed by atoms with Gasteiger partial charge in [-0.3, -0.25) is 4.79 Å². The lowest BCUT2D eigenvalue weighted by atomic mass is 10.0. The zero-order valence-corrected chi connectivity index (χ0v) is 10.5. The van der Waals surface area contributed by atoms with E-state index in [1.54, 1.807) is 13.0 Å². The van der Waals surface area contributed by atoms with Crippen LogP contribution in [0, 0.1) is 6.92 Å². The number of carbonyl (C=O) groups excluding carboxylic acids is 2. The normalized spacial score (nSPS) is 19.7. The number of hydrogen-bond acceptors (Lipinski definition) is 5. The summed E-state index contributed by atoms with van der Waals surface area (Å²) in [5, 5.41) is 3.69. The molecule has 1 aliphatic heterocycles. The number of aromatic nitrogens is 1. The molecule has 0 saturated carbocycles. The van der Waals surface area contributed by atoms with Gasteiger partial charge in [0.25, 0.3) is 5.91 Å². The SMILES string of the molecule is COC(=O)[C@H]1CCCCN1C(=O)c1cc(C)on1. The van der Waals surface area contributed by atoms with Gasteiger partial charge < -0.3 is 14.2 Å². The Hall–Kier alpha value is -1.85. The Kier molecular flexibility index (Phi) is 3.64. The topological polar surface area (TPSA) is 72.6 Å². The van der Waals surface area contributed by atoms with Gasteiger partial charge in [-0.1, -0.05) is 5.16 Å². The third kappa shape index (κ3) is 2.37. The van der Waals surface area contributed by atoms with Crippen molar-refractivity contribution in [1.82, 2.24) is 10.1 Å². The molecule has 98 valence electrons. The minimum Gasteiger partial charge on any atom is -0.467 e. The molecule has 0 N–H and O–H groups in total. The van der Waals surface area contributed by atoms with Gasteiger partial charge >= 0.3 is 5.97 Å². The molecule has 0 aliphatic carbocycles. The predicted octanol–water partition coefficient (Wildman–Crippen LogP) is 1.15. The van der Waals surface area contributed by atoms with Gasteiger partial charge in [0.1, 0.15) is 11.8 Å². The maximum Gasteiger partial charge on any atom is 0.328 e. The van der Waals surface area contributed by atoms with E-state index in [2.05, 4.69) is 5.16 Å². The van der Waals surface area contributed by atoms with E-state index in [0.717, 1.165) is 12.8 Å². The number of carbonyl (C=O) groups is 2. The smallest absolute Gasteiger partial charge is 0.328 e. The summed E-state index contributed by atoms with van der Waals surface area (Å²) in [6.07, 6.45) is 2.44. The van der Waals surface area contributed by atoms with Gasteiger partial charge in [0.2, 0.25) is 0 Å². The largest absolute Gasteiger partial charge is 0.467 e. The third-order valence-electron chi connectivity index (χ3n) is 3.08. The molecule has 1 atom stereocenters. The van der Waals surface area contributed by atoms with Crippen LogP contribution in [0.3, 0.4) is 0 Å². The van der Waals surface area contributed by atoms with Crippen LogP contribution in [0.1, 0.15) is 35.5 Å². The maximum atomic E-state index is 12.2. The van der Waals surface area contributed by atoms with Gasteiger partial charge in [0.05, 0.1) is 7.11 Å². The van der Waals surface area contributed by atoms with Gasteiger partial charge in [-0.15, -0.1) is 0 Å². The lowest BCUT2D eigenvalue weighted by molar-refractivity contribution is -0.147. The van der Waals surface area contributed by atoms with Gasteiger partial charge in [-0.25, -0.2) is 4.79 Å². The van der Waals surface area contributed by atoms with E-state index in [4.69, 9.17) is 9.26 Å². The van der Waals surface area contributed by atoms with Crippen molar-refractivity contribution in [1.29, 1.82) is 0 Å². The molecular formula is C12H16N2O4. The number of methoxy groups -OCH3 is 1. The van der Waals surface area contributed by atoms with Crippen LogP contribution in [-0.2, 0) is 9.53 Å². The van der Waals surface area contributed by atoms with Crippen LogP contribution in [-0.4, -0.2) is 41.6 Å². The molecular weight excluding hydrogens is 236 g/mol. The van der Waals surface area contributed by atoms with Crippen molar-refractivity contribution in [2.45, 2.75) is 32.2 Å². The molecule has 0 spiro atoms. The van der Waals surface area contributed by atoms with E-state index in [9.17, 15) is 9.59 Å². The highest BCUT2D eigenvalue weighted by Gasteiger charge is 2.34. The van der Waals surface area contributed by atoms with Gasteiger partial charge in [0, 0.05) is 12.6 Å². The van der Waals surface area contributed by atoms with Crippen LogP contribution in [0.5, 0.6) is 0 Å². The van der Waals surface area contributed by atoms with Crippen molar-refractivity contribution in [3.63, 3.8) is 0 Å². The van der Waals surface area contributed by atoms with E-state index < -0.39 is 6.04 Å². The monoisotopic (exact) mass is 252 g/mol. The molecule has 6 heteroatoms. The fourth-order valence-electron chi connectivity index (χ4n) is 2.17. The van der Waals surface area contributed by atoms with Crippen molar-refractivity contribution in [3.8, 4) is 0 Å². The van der Waals surface area contributed by atoms with Crippen LogP contribution < -0.4 is 0 Å². The highest BCUT2D eigenvalue weighted by molar-refractivity contribution is 5.95. The number of hydrogen-bond donors (Lipinski definition) is 0. The highest BCUT2D eigenvalue weighted by Crippen LogP contribution is 2.20. The van der Waals surface area contributed by atoms with Crippen molar-refractivity contribution in [2.75, 3.05) is 13.7 Å². The summed E-state index contributed by atoms with van der Waals surface area (Å²) >= 11 is 0. The number of esters is 1. The fraction of sp³-hybridized carbons (Fsp3) is 0.583. The Morgan fingerprint density at radius 1 is 1.50 bits per heavy atom. The van der Waals surface area contributed by atoms with E-state index in [-0.39, 0.29) is 17.6 Å². The summed E-state index contributed by atoms with van der Waals surface area (Å²) in [5.41, 5.74) is 0.239.